The molecule has 0 aliphatic heterocycles. The molecule has 2 aromatic carbocycles. The SMILES string of the molecule is [C-]#[N+]c1cccc(-c2cc(Oc3ccccc3)nn2CC)c1. The lowest BCUT2D eigenvalue weighted by Crippen LogP contribution is -1.99. The lowest BCUT2D eigenvalue weighted by molar-refractivity contribution is 0.449. The largest absolute Gasteiger partial charge is 0.438 e. The van der Waals surface area contributed by atoms with Crippen LogP contribution in [0, 0.1) is 6.57 Å². The van der Waals surface area contributed by atoms with Crippen molar-refractivity contribution in [3.63, 3.8) is 0 Å². The molecule has 4 heteroatoms. The maximum Gasteiger partial charge on any atom is 0.238 e. The number of aryl methyl sites for hydroxylation is 1. The normalized spacial score (nSPS) is 10.2. The Labute approximate surface area is 129 Å². The highest BCUT2D eigenvalue weighted by molar-refractivity contribution is 5.66. The van der Waals surface area contributed by atoms with E-state index in [0.717, 1.165) is 23.6 Å². The number of aromatic nitrogens is 2. The van der Waals surface area contributed by atoms with Crippen molar-refractivity contribution in [3.05, 3.63) is 72.1 Å². The molecule has 4 nitrogen and oxygen atoms in total. The van der Waals surface area contributed by atoms with Gasteiger partial charge in [0.05, 0.1) is 12.3 Å². The van der Waals surface area contributed by atoms with Crippen LogP contribution in [0.15, 0.2) is 60.7 Å². The summed E-state index contributed by atoms with van der Waals surface area (Å²) in [4.78, 5) is 3.48. The molecule has 1 aromatic heterocycles. The van der Waals surface area contributed by atoms with E-state index in [1.165, 1.54) is 0 Å². The molecule has 0 radical (unpaired) electrons. The van der Waals surface area contributed by atoms with E-state index in [1.807, 2.05) is 66.2 Å². The van der Waals surface area contributed by atoms with Gasteiger partial charge < -0.3 is 4.74 Å². The molecule has 0 spiro atoms. The van der Waals surface area contributed by atoms with Crippen molar-refractivity contribution >= 4 is 5.69 Å². The van der Waals surface area contributed by atoms with E-state index in [0.29, 0.717) is 11.6 Å². The monoisotopic (exact) mass is 289 g/mol. The van der Waals surface area contributed by atoms with E-state index in [4.69, 9.17) is 11.3 Å². The summed E-state index contributed by atoms with van der Waals surface area (Å²) in [6.07, 6.45) is 0. The molecule has 0 fully saturated rings. The van der Waals surface area contributed by atoms with Gasteiger partial charge in [-0.05, 0) is 30.7 Å². The van der Waals surface area contributed by atoms with Crippen LogP contribution in [0.1, 0.15) is 6.92 Å². The molecular formula is C18H15N3O. The van der Waals surface area contributed by atoms with Crippen LogP contribution in [-0.2, 0) is 6.54 Å². The van der Waals surface area contributed by atoms with Gasteiger partial charge in [0.15, 0.2) is 5.69 Å². The average Bonchev–Trinajstić information content (AvgIpc) is 2.99. The first-order chi connectivity index (χ1) is 10.8. The Hall–Kier alpha value is -3.06. The Kier molecular flexibility index (Phi) is 3.88. The molecule has 0 atom stereocenters. The molecule has 0 aliphatic carbocycles. The molecule has 1 heterocycles. The molecule has 22 heavy (non-hydrogen) atoms. The fourth-order valence-electron chi connectivity index (χ4n) is 2.26. The van der Waals surface area contributed by atoms with Crippen LogP contribution in [0.25, 0.3) is 16.1 Å². The Morgan fingerprint density at radius 3 is 2.64 bits per heavy atom. The zero-order chi connectivity index (χ0) is 15.4. The Morgan fingerprint density at radius 2 is 1.91 bits per heavy atom. The lowest BCUT2D eigenvalue weighted by Gasteiger charge is -2.04. The lowest BCUT2D eigenvalue weighted by atomic mass is 10.1. The number of benzene rings is 2. The van der Waals surface area contributed by atoms with E-state index < -0.39 is 0 Å². The highest BCUT2D eigenvalue weighted by Crippen LogP contribution is 2.29. The van der Waals surface area contributed by atoms with Crippen LogP contribution < -0.4 is 4.74 Å². The minimum Gasteiger partial charge on any atom is -0.438 e. The number of para-hydroxylation sites is 1. The molecule has 3 aromatic rings. The highest BCUT2D eigenvalue weighted by Gasteiger charge is 2.11. The predicted molar refractivity (Wildman–Crippen MR) is 86.1 cm³/mol. The van der Waals surface area contributed by atoms with Gasteiger partial charge >= 0.3 is 0 Å². The zero-order valence-electron chi connectivity index (χ0n) is 12.2. The van der Waals surface area contributed by atoms with Gasteiger partial charge in [0.1, 0.15) is 5.75 Å². The molecule has 0 N–H and O–H groups in total. The van der Waals surface area contributed by atoms with Crippen LogP contribution >= 0.6 is 0 Å². The van der Waals surface area contributed by atoms with Crippen molar-refractivity contribution in [2.75, 3.05) is 0 Å². The average molecular weight is 289 g/mol. The maximum absolute atomic E-state index is 7.13. The van der Waals surface area contributed by atoms with Gasteiger partial charge in [0.2, 0.25) is 5.88 Å². The fraction of sp³-hybridized carbons (Fsp3) is 0.111. The number of hydrogen-bond acceptors (Lipinski definition) is 2. The maximum atomic E-state index is 7.13. The minimum absolute atomic E-state index is 0.552. The molecule has 108 valence electrons. The second-order valence-electron chi connectivity index (χ2n) is 4.76. The van der Waals surface area contributed by atoms with Gasteiger partial charge in [-0.3, -0.25) is 4.68 Å². The second kappa shape index (κ2) is 6.15. The first-order valence-corrected chi connectivity index (χ1v) is 7.09. The molecular weight excluding hydrogens is 274 g/mol. The van der Waals surface area contributed by atoms with Crippen molar-refractivity contribution in [2.24, 2.45) is 0 Å². The molecule has 0 aliphatic rings. The number of hydrogen-bond donors (Lipinski definition) is 0. The Morgan fingerprint density at radius 1 is 1.09 bits per heavy atom. The van der Waals surface area contributed by atoms with E-state index in [1.54, 1.807) is 6.07 Å². The van der Waals surface area contributed by atoms with Gasteiger partial charge in [-0.1, -0.05) is 36.4 Å². The van der Waals surface area contributed by atoms with E-state index in [2.05, 4.69) is 9.94 Å². The summed E-state index contributed by atoms with van der Waals surface area (Å²) >= 11 is 0. The van der Waals surface area contributed by atoms with Gasteiger partial charge in [-0.15, -0.1) is 5.10 Å². The van der Waals surface area contributed by atoms with Gasteiger partial charge in [0.25, 0.3) is 0 Å². The summed E-state index contributed by atoms with van der Waals surface area (Å²) in [5.41, 5.74) is 2.52. The van der Waals surface area contributed by atoms with Crippen LogP contribution in [0.4, 0.5) is 5.69 Å². The van der Waals surface area contributed by atoms with Crippen LogP contribution in [-0.4, -0.2) is 9.78 Å². The van der Waals surface area contributed by atoms with Crippen molar-refractivity contribution in [1.29, 1.82) is 0 Å². The summed E-state index contributed by atoms with van der Waals surface area (Å²) in [7, 11) is 0. The van der Waals surface area contributed by atoms with Gasteiger partial charge in [0, 0.05) is 12.6 Å². The van der Waals surface area contributed by atoms with Crippen LogP contribution in [0.5, 0.6) is 11.6 Å². The number of ether oxygens (including phenoxy) is 1. The van der Waals surface area contributed by atoms with E-state index >= 15 is 0 Å². The highest BCUT2D eigenvalue weighted by atomic mass is 16.5. The smallest absolute Gasteiger partial charge is 0.238 e. The third kappa shape index (κ3) is 2.84. The molecule has 0 saturated carbocycles. The number of rotatable bonds is 4. The quantitative estimate of drug-likeness (QED) is 0.639. The summed E-state index contributed by atoms with van der Waals surface area (Å²) in [6, 6.07) is 19.0. The van der Waals surface area contributed by atoms with Crippen molar-refractivity contribution < 1.29 is 4.74 Å². The summed E-state index contributed by atoms with van der Waals surface area (Å²) < 4.78 is 7.66. The first-order valence-electron chi connectivity index (χ1n) is 7.09. The summed E-state index contributed by atoms with van der Waals surface area (Å²) in [5.74, 6) is 1.31. The Bertz CT molecular complexity index is 816. The predicted octanol–water partition coefficient (Wildman–Crippen LogP) is 4.91. The topological polar surface area (TPSA) is 31.4 Å². The van der Waals surface area contributed by atoms with Crippen molar-refractivity contribution in [3.8, 4) is 22.9 Å². The van der Waals surface area contributed by atoms with E-state index in [9.17, 15) is 0 Å². The van der Waals surface area contributed by atoms with E-state index in [-0.39, 0.29) is 0 Å². The Balaban J connectivity index is 1.96. The third-order valence-corrected chi connectivity index (χ3v) is 3.29. The summed E-state index contributed by atoms with van der Waals surface area (Å²) in [6.45, 7) is 9.89. The molecule has 0 bridgehead atoms. The van der Waals surface area contributed by atoms with Gasteiger partial charge in [-0.25, -0.2) is 4.85 Å². The molecule has 3 rings (SSSR count). The number of nitrogens with zero attached hydrogens (tertiary/aromatic N) is 3. The standard InChI is InChI=1S/C18H15N3O/c1-3-21-17(14-8-7-9-15(12-14)19-2)13-18(20-21)22-16-10-5-4-6-11-16/h4-13H,3H2,1H3. The van der Waals surface area contributed by atoms with Crippen molar-refractivity contribution in [2.45, 2.75) is 13.5 Å². The van der Waals surface area contributed by atoms with Crippen molar-refractivity contribution in [1.82, 2.24) is 9.78 Å². The van der Waals surface area contributed by atoms with Gasteiger partial charge in [-0.2, -0.15) is 0 Å². The third-order valence-electron chi connectivity index (χ3n) is 3.29. The summed E-state index contributed by atoms with van der Waals surface area (Å²) in [5, 5.41) is 4.47. The van der Waals surface area contributed by atoms with Crippen LogP contribution in [0.2, 0.25) is 0 Å². The molecule has 0 saturated heterocycles. The molecule has 0 unspecified atom stereocenters. The first kappa shape index (κ1) is 13.9. The van der Waals surface area contributed by atoms with Crippen LogP contribution in [0.3, 0.4) is 0 Å². The minimum atomic E-state index is 0.552. The zero-order valence-corrected chi connectivity index (χ0v) is 12.2. The second-order valence-corrected chi connectivity index (χ2v) is 4.76. The molecule has 0 amide bonds. The fourth-order valence-corrected chi connectivity index (χ4v) is 2.26.